The fourth-order valence-corrected chi connectivity index (χ4v) is 0.923. The van der Waals surface area contributed by atoms with Crippen LogP contribution < -0.4 is 5.73 Å². The maximum Gasteiger partial charge on any atom is 0.327 e. The third-order valence-electron chi connectivity index (χ3n) is 1.61. The molecule has 0 heterocycles. The van der Waals surface area contributed by atoms with E-state index in [0.29, 0.717) is 6.26 Å². The van der Waals surface area contributed by atoms with Gasteiger partial charge in [0.15, 0.2) is 0 Å². The predicted molar refractivity (Wildman–Crippen MR) is 62.9 cm³/mol. The number of methoxy groups -OCH3 is 1. The van der Waals surface area contributed by atoms with Crippen LogP contribution in [0, 0.1) is 0 Å². The molecule has 0 aliphatic heterocycles. The van der Waals surface area contributed by atoms with Gasteiger partial charge >= 0.3 is 5.97 Å². The van der Waals surface area contributed by atoms with E-state index in [-0.39, 0.29) is 0 Å². The second-order valence-electron chi connectivity index (χ2n) is 3.14. The molecule has 96 valence electrons. The van der Waals surface area contributed by atoms with E-state index in [0.717, 1.165) is 5.56 Å². The number of rotatable bonds is 2. The van der Waals surface area contributed by atoms with E-state index in [9.17, 15) is 13.2 Å². The van der Waals surface area contributed by atoms with Gasteiger partial charge in [0, 0.05) is 0 Å². The lowest BCUT2D eigenvalue weighted by molar-refractivity contribution is -0.142. The summed E-state index contributed by atoms with van der Waals surface area (Å²) >= 11 is 0. The lowest BCUT2D eigenvalue weighted by Crippen LogP contribution is -2.22. The number of carbonyl (C=O) groups excluding carboxylic acids is 1. The summed E-state index contributed by atoms with van der Waals surface area (Å²) < 4.78 is 30.4. The van der Waals surface area contributed by atoms with Crippen LogP contribution in [0.25, 0.3) is 0 Å². The number of nitrogens with two attached hydrogens (primary N) is 1. The van der Waals surface area contributed by atoms with Crippen LogP contribution in [0.1, 0.15) is 11.6 Å². The highest BCUT2D eigenvalue weighted by Gasteiger charge is 2.14. The standard InChI is InChI=1S/C9H11NO2.CH4O3S/c1-12-9(11)8(10)7-5-3-2-4-6-7;1-5(2,3)4/h2-6,8H,10H2,1H3;1H3,(H,2,3,4). The van der Waals surface area contributed by atoms with Gasteiger partial charge in [0.2, 0.25) is 0 Å². The van der Waals surface area contributed by atoms with Crippen molar-refractivity contribution in [3.63, 3.8) is 0 Å². The Balaban J connectivity index is 0.000000437. The van der Waals surface area contributed by atoms with Crippen LogP contribution in [0.5, 0.6) is 0 Å². The van der Waals surface area contributed by atoms with Crippen molar-refractivity contribution in [2.24, 2.45) is 5.73 Å². The van der Waals surface area contributed by atoms with Crippen molar-refractivity contribution in [1.82, 2.24) is 0 Å². The highest BCUT2D eigenvalue weighted by Crippen LogP contribution is 2.09. The lowest BCUT2D eigenvalue weighted by Gasteiger charge is -2.08. The molecule has 7 heteroatoms. The van der Waals surface area contributed by atoms with Crippen molar-refractivity contribution in [2.75, 3.05) is 13.4 Å². The number of hydrogen-bond donors (Lipinski definition) is 2. The minimum atomic E-state index is -3.67. The molecule has 1 aromatic carbocycles. The van der Waals surface area contributed by atoms with E-state index >= 15 is 0 Å². The van der Waals surface area contributed by atoms with Gasteiger partial charge < -0.3 is 10.5 Å². The molecule has 0 amide bonds. The van der Waals surface area contributed by atoms with Crippen LogP contribution in [-0.4, -0.2) is 32.3 Å². The Hall–Kier alpha value is -1.44. The molecule has 1 aromatic rings. The molecule has 0 saturated carbocycles. The van der Waals surface area contributed by atoms with Crippen LogP contribution in [0.3, 0.4) is 0 Å². The van der Waals surface area contributed by atoms with Gasteiger partial charge in [-0.1, -0.05) is 30.3 Å². The van der Waals surface area contributed by atoms with Crippen LogP contribution in [0.15, 0.2) is 30.3 Å². The molecule has 0 aliphatic carbocycles. The molecule has 6 nitrogen and oxygen atoms in total. The molecule has 0 radical (unpaired) electrons. The monoisotopic (exact) mass is 261 g/mol. The van der Waals surface area contributed by atoms with Gasteiger partial charge in [-0.3, -0.25) is 9.35 Å². The molecule has 0 aliphatic rings. The summed E-state index contributed by atoms with van der Waals surface area (Å²) in [6.07, 6.45) is 0.715. The fourth-order valence-electron chi connectivity index (χ4n) is 0.923. The Morgan fingerprint density at radius 2 is 1.76 bits per heavy atom. The number of esters is 1. The molecular formula is C10H15NO5S. The van der Waals surface area contributed by atoms with Crippen molar-refractivity contribution < 1.29 is 22.5 Å². The molecule has 1 rings (SSSR count). The third kappa shape index (κ3) is 8.38. The average molecular weight is 261 g/mol. The quantitative estimate of drug-likeness (QED) is 0.588. The Kier molecular flexibility index (Phi) is 6.40. The second kappa shape index (κ2) is 7.00. The smallest absolute Gasteiger partial charge is 0.327 e. The van der Waals surface area contributed by atoms with Crippen LogP contribution in [-0.2, 0) is 19.6 Å². The Labute approximate surface area is 100 Å². The second-order valence-corrected chi connectivity index (χ2v) is 4.61. The summed E-state index contributed by atoms with van der Waals surface area (Å²) in [5, 5.41) is 0. The van der Waals surface area contributed by atoms with Crippen molar-refractivity contribution >= 4 is 16.1 Å². The van der Waals surface area contributed by atoms with Crippen molar-refractivity contribution in [3.8, 4) is 0 Å². The van der Waals surface area contributed by atoms with Gasteiger partial charge in [-0.2, -0.15) is 8.42 Å². The summed E-state index contributed by atoms with van der Waals surface area (Å²) in [5.74, 6) is -0.416. The summed E-state index contributed by atoms with van der Waals surface area (Å²) in [6, 6.07) is 8.45. The van der Waals surface area contributed by atoms with Gasteiger partial charge in [0.05, 0.1) is 13.4 Å². The molecule has 0 bridgehead atoms. The molecular weight excluding hydrogens is 246 g/mol. The van der Waals surface area contributed by atoms with Gasteiger partial charge in [0.25, 0.3) is 10.1 Å². The maximum absolute atomic E-state index is 11.0. The van der Waals surface area contributed by atoms with E-state index in [4.69, 9.17) is 10.3 Å². The summed E-state index contributed by atoms with van der Waals surface area (Å²) in [6.45, 7) is 0. The third-order valence-corrected chi connectivity index (χ3v) is 1.61. The highest BCUT2D eigenvalue weighted by molar-refractivity contribution is 7.85. The van der Waals surface area contributed by atoms with Crippen molar-refractivity contribution in [3.05, 3.63) is 35.9 Å². The number of benzene rings is 1. The van der Waals surface area contributed by atoms with E-state index in [1.807, 2.05) is 18.2 Å². The molecule has 3 N–H and O–H groups in total. The van der Waals surface area contributed by atoms with Crippen LogP contribution in [0.4, 0.5) is 0 Å². The summed E-state index contributed by atoms with van der Waals surface area (Å²) in [4.78, 5) is 11.0. The Bertz CT molecular complexity index is 435. The Morgan fingerprint density at radius 1 is 1.35 bits per heavy atom. The normalized spacial score (nSPS) is 12.0. The topological polar surface area (TPSA) is 107 Å². The zero-order chi connectivity index (χ0) is 13.5. The minimum Gasteiger partial charge on any atom is -0.468 e. The summed E-state index contributed by atoms with van der Waals surface area (Å²) in [5.41, 5.74) is 6.34. The first-order valence-corrected chi connectivity index (χ1v) is 6.41. The molecule has 17 heavy (non-hydrogen) atoms. The Morgan fingerprint density at radius 3 is 2.12 bits per heavy atom. The van der Waals surface area contributed by atoms with E-state index in [1.54, 1.807) is 12.1 Å². The predicted octanol–water partition coefficient (Wildman–Crippen LogP) is 0.363. The average Bonchev–Trinajstić information content (AvgIpc) is 2.26. The van der Waals surface area contributed by atoms with E-state index < -0.39 is 22.1 Å². The molecule has 0 saturated heterocycles. The number of carbonyl (C=O) groups is 1. The first-order valence-electron chi connectivity index (χ1n) is 4.56. The lowest BCUT2D eigenvalue weighted by atomic mass is 10.1. The number of hydrogen-bond acceptors (Lipinski definition) is 5. The molecule has 0 aromatic heterocycles. The van der Waals surface area contributed by atoms with E-state index in [1.165, 1.54) is 7.11 Å². The zero-order valence-corrected chi connectivity index (χ0v) is 10.3. The van der Waals surface area contributed by atoms with Gasteiger partial charge in [-0.25, -0.2) is 0 Å². The molecule has 1 atom stereocenters. The van der Waals surface area contributed by atoms with Gasteiger partial charge in [-0.15, -0.1) is 0 Å². The largest absolute Gasteiger partial charge is 0.468 e. The molecule has 1 unspecified atom stereocenters. The van der Waals surface area contributed by atoms with Crippen molar-refractivity contribution in [1.29, 1.82) is 0 Å². The van der Waals surface area contributed by atoms with Crippen molar-refractivity contribution in [2.45, 2.75) is 6.04 Å². The van der Waals surface area contributed by atoms with Crippen LogP contribution >= 0.6 is 0 Å². The van der Waals surface area contributed by atoms with Gasteiger partial charge in [0.1, 0.15) is 6.04 Å². The number of ether oxygens (including phenoxy) is 1. The first kappa shape index (κ1) is 15.6. The first-order chi connectivity index (χ1) is 7.75. The minimum absolute atomic E-state index is 0.416. The van der Waals surface area contributed by atoms with Crippen LogP contribution in [0.2, 0.25) is 0 Å². The molecule has 0 fully saturated rings. The maximum atomic E-state index is 11.0. The molecule has 0 spiro atoms. The summed E-state index contributed by atoms with van der Waals surface area (Å²) in [7, 11) is -2.34. The van der Waals surface area contributed by atoms with Gasteiger partial charge in [-0.05, 0) is 5.56 Å². The van der Waals surface area contributed by atoms with E-state index in [2.05, 4.69) is 4.74 Å². The fraction of sp³-hybridized carbons (Fsp3) is 0.300. The zero-order valence-electron chi connectivity index (χ0n) is 9.53. The highest BCUT2D eigenvalue weighted by atomic mass is 32.2. The SMILES string of the molecule is COC(=O)C(N)c1ccccc1.CS(=O)(=O)O.